The van der Waals surface area contributed by atoms with Crippen LogP contribution in [0.1, 0.15) is 0 Å². The first-order valence-corrected chi connectivity index (χ1v) is 4.57. The van der Waals surface area contributed by atoms with Crippen LogP contribution in [0.2, 0.25) is 0 Å². The first kappa shape index (κ1) is 5.34. The molecule has 0 spiro atoms. The Kier molecular flexibility index (Phi) is 1.29. The lowest BCUT2D eigenvalue weighted by Crippen LogP contribution is -2.07. The third-order valence-corrected chi connectivity index (χ3v) is 0. The van der Waals surface area contributed by atoms with E-state index in [1.807, 2.05) is 0 Å². The fourth-order valence-electron chi connectivity index (χ4n) is 0. The molecule has 0 atom stereocenters. The summed E-state index contributed by atoms with van der Waals surface area (Å²) in [5.41, 5.74) is 0. The van der Waals surface area contributed by atoms with Crippen molar-refractivity contribution in [3.63, 3.8) is 0 Å². The van der Waals surface area contributed by atoms with E-state index >= 15 is 0 Å². The lowest BCUT2D eigenvalue weighted by atomic mass is 10.7. The Bertz CT molecular complexity index is 53.0. The summed E-state index contributed by atoms with van der Waals surface area (Å²) >= 11 is 0. The van der Waals surface area contributed by atoms with Crippen molar-refractivity contribution in [3.8, 4) is 0 Å². The molecule has 0 aliphatic heterocycles. The van der Waals surface area contributed by atoms with Gasteiger partial charge in [0.05, 0.1) is 0 Å². The van der Waals surface area contributed by atoms with E-state index in [0.29, 0.717) is 0 Å². The first-order valence-electron chi connectivity index (χ1n) is 1.52. The zero-order chi connectivity index (χ0) is 4.50. The maximum atomic E-state index is 10.2. The summed E-state index contributed by atoms with van der Waals surface area (Å²) in [6.45, 7) is 0. The molecule has 0 rings (SSSR count). The quantitative estimate of drug-likeness (QED) is 0.241. The molecule has 0 radical (unpaired) electrons. The van der Waals surface area contributed by atoms with Crippen molar-refractivity contribution >= 4 is 30.9 Å². The smallest absolute Gasteiger partial charge is 0.164 e. The van der Waals surface area contributed by atoms with Gasteiger partial charge in [-0.15, -0.1) is 0 Å². The summed E-state index contributed by atoms with van der Waals surface area (Å²) in [6, 6.07) is 0. The van der Waals surface area contributed by atoms with Crippen LogP contribution in [0.15, 0.2) is 0 Å². The van der Waals surface area contributed by atoms with Crippen LogP contribution in [-0.2, 0) is 9.49 Å². The molecule has 0 saturated carbocycles. The lowest BCUT2D eigenvalue weighted by molar-refractivity contribution is 0.695. The van der Waals surface area contributed by atoms with Crippen LogP contribution in [0.5, 0.6) is 0 Å². The molecule has 0 aromatic carbocycles. The highest BCUT2D eigenvalue weighted by atomic mass is 32.2. The van der Waals surface area contributed by atoms with Crippen molar-refractivity contribution in [2.45, 2.75) is 0 Å². The molecule has 0 amide bonds. The molecule has 0 heterocycles. The van der Waals surface area contributed by atoms with Crippen LogP contribution in [-0.4, -0.2) is 25.6 Å². The van der Waals surface area contributed by atoms with Crippen LogP contribution in [0.25, 0.3) is 0 Å². The van der Waals surface area contributed by atoms with Crippen LogP contribution in [0.4, 0.5) is 0 Å². The topological polar surface area (TPSA) is 17.1 Å². The molecule has 0 aliphatic carbocycles. The maximum Gasteiger partial charge on any atom is 0.164 e. The first-order chi connectivity index (χ1) is 2.00. The van der Waals surface area contributed by atoms with Crippen molar-refractivity contribution in [3.05, 3.63) is 0 Å². The highest BCUT2D eigenvalue weighted by molar-refractivity contribution is 8.52. The van der Waals surface area contributed by atoms with E-state index in [2.05, 4.69) is 0 Å². The fraction of sp³-hybridized carbons (Fsp3) is 0. The van der Waals surface area contributed by atoms with Gasteiger partial charge in [0.25, 0.3) is 0 Å². The molecule has 1 nitrogen and oxygen atoms in total. The summed E-state index contributed by atoms with van der Waals surface area (Å²) in [4.78, 5) is 0. The Morgan fingerprint density at radius 3 is 1.20 bits per heavy atom. The summed E-state index contributed by atoms with van der Waals surface area (Å²) < 4.78 is 10.2. The van der Waals surface area contributed by atoms with E-state index in [9.17, 15) is 4.21 Å². The van der Waals surface area contributed by atoms with Gasteiger partial charge in [0.1, 0.15) is 0 Å². The van der Waals surface area contributed by atoms with E-state index in [1.54, 1.807) is 21.4 Å². The van der Waals surface area contributed by atoms with Crippen LogP contribution in [0.3, 0.4) is 0 Å². The van der Waals surface area contributed by atoms with Crippen LogP contribution in [0, 0.1) is 0 Å². The second-order valence-electron chi connectivity index (χ2n) is 1.89. The van der Waals surface area contributed by atoms with Crippen molar-refractivity contribution in [1.29, 1.82) is 0 Å². The molecule has 5 heteroatoms. The van der Waals surface area contributed by atoms with Gasteiger partial charge in [0.2, 0.25) is 0 Å². The second-order valence-corrected chi connectivity index (χ2v) is 5.67. The van der Waals surface area contributed by atoms with Gasteiger partial charge in [-0.1, -0.05) is 0 Å². The van der Waals surface area contributed by atoms with E-state index in [0.717, 1.165) is 0 Å². The minimum absolute atomic E-state index is 1.64. The average Bonchev–Trinajstić information content (AvgIpc) is 0.722. The summed E-state index contributed by atoms with van der Waals surface area (Å²) in [7, 11) is 3.59. The van der Waals surface area contributed by atoms with Gasteiger partial charge < -0.3 is 4.21 Å². The Morgan fingerprint density at radius 2 is 1.20 bits per heavy atom. The standard InChI is InChI=1S/B3H7OS/c1-5(2,3)4/h5H,1-3H2. The Labute approximate surface area is 35.9 Å². The Balaban J connectivity index is 3.47. The van der Waals surface area contributed by atoms with Gasteiger partial charge in [-0.25, -0.2) is 0 Å². The molecule has 0 aromatic rings. The molecule has 28 valence electrons. The van der Waals surface area contributed by atoms with Gasteiger partial charge in [0.15, 0.2) is 21.4 Å². The van der Waals surface area contributed by atoms with E-state index in [1.165, 1.54) is 0 Å². The molecular formula is H7B3OS. The summed E-state index contributed by atoms with van der Waals surface area (Å²) in [5, 5.41) is 0. The lowest BCUT2D eigenvalue weighted by Gasteiger charge is -1.93. The van der Waals surface area contributed by atoms with E-state index in [-0.39, 0.29) is 0 Å². The monoisotopic (exact) mass is 88.0 g/mol. The minimum atomic E-state index is -1.64. The Morgan fingerprint density at radius 1 is 1.20 bits per heavy atom. The zero-order valence-electron chi connectivity index (χ0n) is 3.86. The van der Waals surface area contributed by atoms with E-state index in [4.69, 9.17) is 0 Å². The Hall–Kier alpha value is 0.345. The summed E-state index contributed by atoms with van der Waals surface area (Å²) in [6.07, 6.45) is 0. The van der Waals surface area contributed by atoms with Crippen molar-refractivity contribution in [1.82, 2.24) is 0 Å². The van der Waals surface area contributed by atoms with Crippen molar-refractivity contribution in [2.75, 3.05) is 0 Å². The maximum absolute atomic E-state index is 10.2. The third kappa shape index (κ3) is 201. The van der Waals surface area contributed by atoms with Gasteiger partial charge in [-0.2, -0.15) is 9.49 Å². The van der Waals surface area contributed by atoms with Gasteiger partial charge in [-0.05, 0) is 0 Å². The molecule has 0 N–H and O–H groups in total. The van der Waals surface area contributed by atoms with Gasteiger partial charge in [-0.3, -0.25) is 0 Å². The number of rotatable bonds is 0. The molecule has 0 bridgehead atoms. The average molecular weight is 87.6 g/mol. The highest BCUT2D eigenvalue weighted by Gasteiger charge is 1.84. The predicted molar refractivity (Wildman–Crippen MR) is 35.2 cm³/mol. The predicted octanol–water partition coefficient (Wildman–Crippen LogP) is -3.35. The fourth-order valence-corrected chi connectivity index (χ4v) is 0. The van der Waals surface area contributed by atoms with Crippen LogP contribution < -0.4 is 0 Å². The third-order valence-electron chi connectivity index (χ3n) is 0. The number of hydrogen-bond acceptors (Lipinski definition) is 1. The molecule has 0 aliphatic rings. The largest absolute Gasteiger partial charge is 0.314 e. The highest BCUT2D eigenvalue weighted by Crippen LogP contribution is 1.69. The zero-order valence-corrected chi connectivity index (χ0v) is 4.75. The molecule has 0 unspecified atom stereocenters. The molecule has 0 fully saturated rings. The van der Waals surface area contributed by atoms with Crippen molar-refractivity contribution in [2.24, 2.45) is 0 Å². The normalized spacial score (nSPS) is 14.4. The molecule has 5 heavy (non-hydrogen) atoms. The van der Waals surface area contributed by atoms with Gasteiger partial charge >= 0.3 is 0 Å². The number of thiol groups is 1. The van der Waals surface area contributed by atoms with Crippen LogP contribution >= 0.6 is 0 Å². The molecule has 0 aromatic heterocycles. The summed E-state index contributed by atoms with van der Waals surface area (Å²) in [5.74, 6) is 0. The van der Waals surface area contributed by atoms with Gasteiger partial charge in [0, 0.05) is 0 Å². The number of hydrogen-bond donors (Lipinski definition) is 1. The SMILES string of the molecule is B[SH](B)(B)=O. The molecular weight excluding hydrogens is 80.5 g/mol. The molecule has 0 saturated heterocycles. The second kappa shape index (κ2) is 1.21. The van der Waals surface area contributed by atoms with Crippen molar-refractivity contribution < 1.29 is 4.21 Å². The minimum Gasteiger partial charge on any atom is -0.314 e. The van der Waals surface area contributed by atoms with E-state index < -0.39 is 9.49 Å².